The molecule has 2 heterocycles. The van der Waals surface area contributed by atoms with Gasteiger partial charge in [0.1, 0.15) is 0 Å². The lowest BCUT2D eigenvalue weighted by atomic mass is 10.1. The third kappa shape index (κ3) is 3.07. The summed E-state index contributed by atoms with van der Waals surface area (Å²) in [5.41, 5.74) is 4.32. The summed E-state index contributed by atoms with van der Waals surface area (Å²) in [6.45, 7) is 5.27. The first-order chi connectivity index (χ1) is 11.8. The quantitative estimate of drug-likeness (QED) is 0.871. The summed E-state index contributed by atoms with van der Waals surface area (Å²) in [5, 5.41) is 0. The van der Waals surface area contributed by atoms with Gasteiger partial charge in [-0.25, -0.2) is 0 Å². The SMILES string of the molecule is O=C(c1ccc(CN2CCOCC2)cc1)N1CCc2ccccc21. The minimum atomic E-state index is 0.0953. The zero-order chi connectivity index (χ0) is 16.4. The standard InChI is InChI=1S/C20H22N2O2/c23-20(22-10-9-17-3-1-2-4-19(17)22)18-7-5-16(6-8-18)15-21-11-13-24-14-12-21/h1-8H,9-15H2. The molecule has 0 bridgehead atoms. The maximum absolute atomic E-state index is 12.8. The average Bonchev–Trinajstić information content (AvgIpc) is 3.07. The second kappa shape index (κ2) is 6.75. The smallest absolute Gasteiger partial charge is 0.258 e. The van der Waals surface area contributed by atoms with E-state index >= 15 is 0 Å². The van der Waals surface area contributed by atoms with Crippen LogP contribution < -0.4 is 4.90 Å². The van der Waals surface area contributed by atoms with Crippen molar-refractivity contribution < 1.29 is 9.53 Å². The Labute approximate surface area is 142 Å². The molecule has 0 radical (unpaired) electrons. The number of amides is 1. The van der Waals surface area contributed by atoms with Gasteiger partial charge in [0.05, 0.1) is 13.2 Å². The molecule has 2 aromatic carbocycles. The van der Waals surface area contributed by atoms with Crippen LogP contribution in [0, 0.1) is 0 Å². The van der Waals surface area contributed by atoms with Crippen LogP contribution in [0.5, 0.6) is 0 Å². The lowest BCUT2D eigenvalue weighted by Crippen LogP contribution is -2.35. The number of ether oxygens (including phenoxy) is 1. The second-order valence-corrected chi connectivity index (χ2v) is 6.42. The van der Waals surface area contributed by atoms with E-state index < -0.39 is 0 Å². The van der Waals surface area contributed by atoms with Gasteiger partial charge in [-0.3, -0.25) is 9.69 Å². The van der Waals surface area contributed by atoms with Crippen LogP contribution in [-0.2, 0) is 17.7 Å². The molecule has 2 aliphatic heterocycles. The van der Waals surface area contributed by atoms with Crippen molar-refractivity contribution in [1.82, 2.24) is 4.90 Å². The van der Waals surface area contributed by atoms with Gasteiger partial charge in [0.2, 0.25) is 0 Å². The van der Waals surface area contributed by atoms with Crippen molar-refractivity contribution in [3.8, 4) is 0 Å². The van der Waals surface area contributed by atoms with Gasteiger partial charge >= 0.3 is 0 Å². The summed E-state index contributed by atoms with van der Waals surface area (Å²) in [4.78, 5) is 17.1. The molecule has 1 fully saturated rings. The van der Waals surface area contributed by atoms with E-state index in [0.717, 1.165) is 57.1 Å². The van der Waals surface area contributed by atoms with Gasteiger partial charge < -0.3 is 9.64 Å². The normalized spacial score (nSPS) is 17.8. The highest BCUT2D eigenvalue weighted by molar-refractivity contribution is 6.07. The van der Waals surface area contributed by atoms with Crippen LogP contribution in [0.1, 0.15) is 21.5 Å². The summed E-state index contributed by atoms with van der Waals surface area (Å²) in [7, 11) is 0. The predicted molar refractivity (Wildman–Crippen MR) is 94.4 cm³/mol. The molecule has 4 heteroatoms. The van der Waals surface area contributed by atoms with Crippen LogP contribution >= 0.6 is 0 Å². The lowest BCUT2D eigenvalue weighted by Gasteiger charge is -2.26. The summed E-state index contributed by atoms with van der Waals surface area (Å²) in [5.74, 6) is 0.0953. The summed E-state index contributed by atoms with van der Waals surface area (Å²) >= 11 is 0. The topological polar surface area (TPSA) is 32.8 Å². The number of hydrogen-bond donors (Lipinski definition) is 0. The van der Waals surface area contributed by atoms with Crippen LogP contribution in [0.25, 0.3) is 0 Å². The molecule has 4 nitrogen and oxygen atoms in total. The number of carbonyl (C=O) groups excluding carboxylic acids is 1. The average molecular weight is 322 g/mol. The molecule has 0 aromatic heterocycles. The largest absolute Gasteiger partial charge is 0.379 e. The van der Waals surface area contributed by atoms with Crippen molar-refractivity contribution in [2.24, 2.45) is 0 Å². The second-order valence-electron chi connectivity index (χ2n) is 6.42. The van der Waals surface area contributed by atoms with E-state index in [1.807, 2.05) is 35.2 Å². The zero-order valence-electron chi connectivity index (χ0n) is 13.8. The van der Waals surface area contributed by atoms with Gasteiger partial charge in [0.25, 0.3) is 5.91 Å². The number of hydrogen-bond acceptors (Lipinski definition) is 3. The van der Waals surface area contributed by atoms with Gasteiger partial charge in [-0.15, -0.1) is 0 Å². The molecule has 0 atom stereocenters. The van der Waals surface area contributed by atoms with Crippen molar-refractivity contribution in [1.29, 1.82) is 0 Å². The lowest BCUT2D eigenvalue weighted by molar-refractivity contribution is 0.0342. The van der Waals surface area contributed by atoms with E-state index in [9.17, 15) is 4.79 Å². The maximum Gasteiger partial charge on any atom is 0.258 e. The highest BCUT2D eigenvalue weighted by Crippen LogP contribution is 2.28. The Morgan fingerprint density at radius 1 is 0.958 bits per heavy atom. The summed E-state index contributed by atoms with van der Waals surface area (Å²) in [6.07, 6.45) is 0.941. The number of fused-ring (bicyclic) bond motifs is 1. The molecule has 0 saturated carbocycles. The molecular formula is C20H22N2O2. The molecule has 0 N–H and O–H groups in total. The highest BCUT2D eigenvalue weighted by atomic mass is 16.5. The fraction of sp³-hybridized carbons (Fsp3) is 0.350. The minimum absolute atomic E-state index is 0.0953. The number of morpholine rings is 1. The Bertz CT molecular complexity index is 721. The predicted octanol–water partition coefficient (Wildman–Crippen LogP) is 2.72. The Morgan fingerprint density at radius 3 is 2.50 bits per heavy atom. The van der Waals surface area contributed by atoms with Crippen molar-refractivity contribution in [2.45, 2.75) is 13.0 Å². The Balaban J connectivity index is 1.46. The van der Waals surface area contributed by atoms with Crippen molar-refractivity contribution in [3.05, 3.63) is 65.2 Å². The number of carbonyl (C=O) groups is 1. The van der Waals surface area contributed by atoms with Crippen LogP contribution in [0.3, 0.4) is 0 Å². The minimum Gasteiger partial charge on any atom is -0.379 e. The molecule has 2 aromatic rings. The van der Waals surface area contributed by atoms with Crippen LogP contribution in [0.15, 0.2) is 48.5 Å². The number of anilines is 1. The van der Waals surface area contributed by atoms with Gasteiger partial charge in [0.15, 0.2) is 0 Å². The first kappa shape index (κ1) is 15.4. The zero-order valence-corrected chi connectivity index (χ0v) is 13.8. The third-order valence-corrected chi connectivity index (χ3v) is 4.84. The van der Waals surface area contributed by atoms with E-state index in [2.05, 4.69) is 23.1 Å². The van der Waals surface area contributed by atoms with Gasteiger partial charge in [-0.05, 0) is 35.7 Å². The fourth-order valence-electron chi connectivity index (χ4n) is 3.48. The van der Waals surface area contributed by atoms with Gasteiger partial charge in [-0.2, -0.15) is 0 Å². The van der Waals surface area contributed by atoms with Crippen LogP contribution in [-0.4, -0.2) is 43.7 Å². The van der Waals surface area contributed by atoms with E-state index in [-0.39, 0.29) is 5.91 Å². The van der Waals surface area contributed by atoms with E-state index in [1.54, 1.807) is 0 Å². The highest BCUT2D eigenvalue weighted by Gasteiger charge is 2.25. The molecular weight excluding hydrogens is 300 g/mol. The molecule has 1 saturated heterocycles. The molecule has 0 unspecified atom stereocenters. The first-order valence-corrected chi connectivity index (χ1v) is 8.60. The van der Waals surface area contributed by atoms with Crippen molar-refractivity contribution in [2.75, 3.05) is 37.7 Å². The molecule has 24 heavy (non-hydrogen) atoms. The molecule has 4 rings (SSSR count). The Hall–Kier alpha value is -2.17. The van der Waals surface area contributed by atoms with Gasteiger partial charge in [0, 0.05) is 37.4 Å². The summed E-state index contributed by atoms with van der Waals surface area (Å²) < 4.78 is 5.38. The summed E-state index contributed by atoms with van der Waals surface area (Å²) in [6, 6.07) is 16.2. The van der Waals surface area contributed by atoms with E-state index in [1.165, 1.54) is 11.1 Å². The maximum atomic E-state index is 12.8. The van der Waals surface area contributed by atoms with Crippen molar-refractivity contribution >= 4 is 11.6 Å². The Kier molecular flexibility index (Phi) is 4.32. The van der Waals surface area contributed by atoms with Crippen LogP contribution in [0.4, 0.5) is 5.69 Å². The number of para-hydroxylation sites is 1. The number of rotatable bonds is 3. The monoisotopic (exact) mass is 322 g/mol. The number of nitrogens with zero attached hydrogens (tertiary/aromatic N) is 2. The molecule has 2 aliphatic rings. The molecule has 0 aliphatic carbocycles. The Morgan fingerprint density at radius 2 is 1.71 bits per heavy atom. The first-order valence-electron chi connectivity index (χ1n) is 8.60. The fourth-order valence-corrected chi connectivity index (χ4v) is 3.48. The molecule has 124 valence electrons. The molecule has 1 amide bonds. The molecule has 0 spiro atoms. The van der Waals surface area contributed by atoms with Crippen LogP contribution in [0.2, 0.25) is 0 Å². The third-order valence-electron chi connectivity index (χ3n) is 4.84. The van der Waals surface area contributed by atoms with Crippen molar-refractivity contribution in [3.63, 3.8) is 0 Å². The van der Waals surface area contributed by atoms with E-state index in [0.29, 0.717) is 0 Å². The number of benzene rings is 2. The van der Waals surface area contributed by atoms with Gasteiger partial charge in [-0.1, -0.05) is 30.3 Å². The van der Waals surface area contributed by atoms with E-state index in [4.69, 9.17) is 4.74 Å².